The standard InChI is InChI=1S/C11H13NO2/c1-13-9-4-3-8-6-12-7-11(14-2)10(8)5-9/h3-5,7,12H,6H2,1-2H3. The summed E-state index contributed by atoms with van der Waals surface area (Å²) in [6, 6.07) is 6.00. The highest BCUT2D eigenvalue weighted by Gasteiger charge is 2.13. The molecular formula is C11H13NO2. The van der Waals surface area contributed by atoms with Gasteiger partial charge in [0, 0.05) is 18.3 Å². The summed E-state index contributed by atoms with van der Waals surface area (Å²) in [5.41, 5.74) is 2.33. The SMILES string of the molecule is COC1=CNCc2ccc(OC)cc21. The van der Waals surface area contributed by atoms with Crippen LogP contribution in [0, 0.1) is 0 Å². The van der Waals surface area contributed by atoms with Crippen molar-refractivity contribution in [2.45, 2.75) is 6.54 Å². The zero-order valence-electron chi connectivity index (χ0n) is 8.33. The molecule has 74 valence electrons. The van der Waals surface area contributed by atoms with Crippen LogP contribution in [0.2, 0.25) is 0 Å². The smallest absolute Gasteiger partial charge is 0.142 e. The molecule has 0 aliphatic carbocycles. The third-order valence-corrected chi connectivity index (χ3v) is 2.33. The Kier molecular flexibility index (Phi) is 2.31. The molecule has 3 heteroatoms. The van der Waals surface area contributed by atoms with E-state index < -0.39 is 0 Å². The molecule has 1 heterocycles. The van der Waals surface area contributed by atoms with E-state index in [2.05, 4.69) is 5.32 Å². The Morgan fingerprint density at radius 3 is 2.79 bits per heavy atom. The third-order valence-electron chi connectivity index (χ3n) is 2.33. The number of benzene rings is 1. The van der Waals surface area contributed by atoms with Crippen LogP contribution in [0.15, 0.2) is 24.4 Å². The van der Waals surface area contributed by atoms with Gasteiger partial charge in [0.05, 0.1) is 14.2 Å². The molecule has 0 amide bonds. The first-order chi connectivity index (χ1) is 6.85. The van der Waals surface area contributed by atoms with Gasteiger partial charge in [-0.15, -0.1) is 0 Å². The second-order valence-electron chi connectivity index (χ2n) is 3.12. The molecule has 0 saturated carbocycles. The minimum Gasteiger partial charge on any atom is -0.497 e. The molecular weight excluding hydrogens is 178 g/mol. The van der Waals surface area contributed by atoms with Crippen LogP contribution >= 0.6 is 0 Å². The maximum absolute atomic E-state index is 5.26. The average molecular weight is 191 g/mol. The maximum Gasteiger partial charge on any atom is 0.142 e. The highest BCUT2D eigenvalue weighted by atomic mass is 16.5. The molecule has 1 N–H and O–H groups in total. The summed E-state index contributed by atoms with van der Waals surface area (Å²) in [4.78, 5) is 0. The van der Waals surface area contributed by atoms with Crippen molar-refractivity contribution >= 4 is 5.76 Å². The second-order valence-corrected chi connectivity index (χ2v) is 3.12. The molecule has 1 aromatic carbocycles. The minimum atomic E-state index is 0.839. The Morgan fingerprint density at radius 1 is 1.21 bits per heavy atom. The topological polar surface area (TPSA) is 30.5 Å². The van der Waals surface area contributed by atoms with Crippen molar-refractivity contribution in [3.63, 3.8) is 0 Å². The van der Waals surface area contributed by atoms with E-state index in [-0.39, 0.29) is 0 Å². The fraction of sp³-hybridized carbons (Fsp3) is 0.273. The maximum atomic E-state index is 5.26. The summed E-state index contributed by atoms with van der Waals surface area (Å²) in [5, 5.41) is 3.15. The van der Waals surface area contributed by atoms with Gasteiger partial charge in [0.15, 0.2) is 0 Å². The number of rotatable bonds is 2. The first-order valence-electron chi connectivity index (χ1n) is 4.50. The molecule has 2 rings (SSSR count). The Hall–Kier alpha value is -1.64. The molecule has 0 unspecified atom stereocenters. The number of methoxy groups -OCH3 is 2. The van der Waals surface area contributed by atoms with Crippen LogP contribution < -0.4 is 10.1 Å². The summed E-state index contributed by atoms with van der Waals surface area (Å²) in [7, 11) is 3.33. The molecule has 0 saturated heterocycles. The molecule has 0 radical (unpaired) electrons. The molecule has 0 fully saturated rings. The predicted molar refractivity (Wildman–Crippen MR) is 54.8 cm³/mol. The van der Waals surface area contributed by atoms with Crippen LogP contribution in [0.5, 0.6) is 5.75 Å². The van der Waals surface area contributed by atoms with Crippen LogP contribution in [0.1, 0.15) is 11.1 Å². The van der Waals surface area contributed by atoms with Crippen molar-refractivity contribution in [1.29, 1.82) is 0 Å². The van der Waals surface area contributed by atoms with Gasteiger partial charge in [-0.1, -0.05) is 6.07 Å². The van der Waals surface area contributed by atoms with Gasteiger partial charge in [-0.05, 0) is 17.7 Å². The van der Waals surface area contributed by atoms with E-state index in [9.17, 15) is 0 Å². The normalized spacial score (nSPS) is 13.7. The van der Waals surface area contributed by atoms with Crippen LogP contribution in [0.25, 0.3) is 5.76 Å². The van der Waals surface area contributed by atoms with Gasteiger partial charge in [-0.3, -0.25) is 0 Å². The van der Waals surface area contributed by atoms with Crippen molar-refractivity contribution < 1.29 is 9.47 Å². The Bertz CT molecular complexity index is 372. The minimum absolute atomic E-state index is 0.839. The Balaban J connectivity index is 2.46. The van der Waals surface area contributed by atoms with E-state index in [1.54, 1.807) is 14.2 Å². The lowest BCUT2D eigenvalue weighted by atomic mass is 10.0. The van der Waals surface area contributed by atoms with Crippen LogP contribution in [-0.4, -0.2) is 14.2 Å². The number of ether oxygens (including phenoxy) is 2. The zero-order chi connectivity index (χ0) is 9.97. The van der Waals surface area contributed by atoms with Gasteiger partial charge < -0.3 is 14.8 Å². The van der Waals surface area contributed by atoms with E-state index in [0.717, 1.165) is 23.6 Å². The van der Waals surface area contributed by atoms with E-state index in [4.69, 9.17) is 9.47 Å². The molecule has 1 aliphatic rings. The summed E-state index contributed by atoms with van der Waals surface area (Å²) < 4.78 is 10.4. The van der Waals surface area contributed by atoms with Crippen LogP contribution in [-0.2, 0) is 11.3 Å². The van der Waals surface area contributed by atoms with Crippen LogP contribution in [0.3, 0.4) is 0 Å². The van der Waals surface area contributed by atoms with Crippen molar-refractivity contribution in [3.05, 3.63) is 35.5 Å². The Morgan fingerprint density at radius 2 is 2.07 bits per heavy atom. The third kappa shape index (κ3) is 1.41. The average Bonchev–Trinajstić information content (AvgIpc) is 2.27. The van der Waals surface area contributed by atoms with Crippen molar-refractivity contribution in [2.24, 2.45) is 0 Å². The van der Waals surface area contributed by atoms with Gasteiger partial charge >= 0.3 is 0 Å². The fourth-order valence-corrected chi connectivity index (χ4v) is 1.57. The lowest BCUT2D eigenvalue weighted by molar-refractivity contribution is 0.364. The summed E-state index contributed by atoms with van der Waals surface area (Å²) >= 11 is 0. The first kappa shape index (κ1) is 8.94. The quantitative estimate of drug-likeness (QED) is 0.772. The van der Waals surface area contributed by atoms with E-state index >= 15 is 0 Å². The van der Waals surface area contributed by atoms with Crippen LogP contribution in [0.4, 0.5) is 0 Å². The van der Waals surface area contributed by atoms with Crippen molar-refractivity contribution in [2.75, 3.05) is 14.2 Å². The molecule has 0 spiro atoms. The van der Waals surface area contributed by atoms with E-state index in [0.29, 0.717) is 0 Å². The zero-order valence-corrected chi connectivity index (χ0v) is 8.33. The van der Waals surface area contributed by atoms with Crippen molar-refractivity contribution in [3.8, 4) is 5.75 Å². The number of fused-ring (bicyclic) bond motifs is 1. The highest BCUT2D eigenvalue weighted by Crippen LogP contribution is 2.26. The molecule has 1 aromatic rings. The summed E-state index contributed by atoms with van der Waals surface area (Å²) in [5.74, 6) is 1.71. The first-order valence-corrected chi connectivity index (χ1v) is 4.50. The van der Waals surface area contributed by atoms with Gasteiger partial charge in [-0.25, -0.2) is 0 Å². The van der Waals surface area contributed by atoms with Gasteiger partial charge in [0.1, 0.15) is 11.5 Å². The molecule has 14 heavy (non-hydrogen) atoms. The van der Waals surface area contributed by atoms with Crippen molar-refractivity contribution in [1.82, 2.24) is 5.32 Å². The molecule has 0 aromatic heterocycles. The van der Waals surface area contributed by atoms with E-state index in [1.807, 2.05) is 24.4 Å². The number of hydrogen-bond acceptors (Lipinski definition) is 3. The lowest BCUT2D eigenvalue weighted by Crippen LogP contribution is -2.14. The summed E-state index contributed by atoms with van der Waals surface area (Å²) in [6.07, 6.45) is 1.88. The fourth-order valence-electron chi connectivity index (χ4n) is 1.57. The number of hydrogen-bond donors (Lipinski definition) is 1. The molecule has 3 nitrogen and oxygen atoms in total. The molecule has 0 bridgehead atoms. The summed E-state index contributed by atoms with van der Waals surface area (Å²) in [6.45, 7) is 0.839. The Labute approximate surface area is 83.3 Å². The lowest BCUT2D eigenvalue weighted by Gasteiger charge is -2.18. The molecule has 0 atom stereocenters. The largest absolute Gasteiger partial charge is 0.497 e. The number of nitrogens with one attached hydrogen (secondary N) is 1. The monoisotopic (exact) mass is 191 g/mol. The predicted octanol–water partition coefficient (Wildman–Crippen LogP) is 1.74. The van der Waals surface area contributed by atoms with E-state index in [1.165, 1.54) is 5.56 Å². The second kappa shape index (κ2) is 3.62. The van der Waals surface area contributed by atoms with Gasteiger partial charge in [0.25, 0.3) is 0 Å². The molecule has 1 aliphatic heterocycles. The highest BCUT2D eigenvalue weighted by molar-refractivity contribution is 5.66. The van der Waals surface area contributed by atoms with Gasteiger partial charge in [-0.2, -0.15) is 0 Å². The van der Waals surface area contributed by atoms with Gasteiger partial charge in [0.2, 0.25) is 0 Å².